The van der Waals surface area contributed by atoms with Crippen LogP contribution >= 0.6 is 0 Å². The maximum absolute atomic E-state index is 12.1. The summed E-state index contributed by atoms with van der Waals surface area (Å²) >= 11 is 0. The summed E-state index contributed by atoms with van der Waals surface area (Å²) in [7, 11) is -0.606. The molecule has 0 bridgehead atoms. The normalized spacial score (nSPS) is 30.3. The fourth-order valence-corrected chi connectivity index (χ4v) is 3.95. The summed E-state index contributed by atoms with van der Waals surface area (Å²) in [6.07, 6.45) is 5.72. The van der Waals surface area contributed by atoms with Gasteiger partial charge in [-0.2, -0.15) is 0 Å². The smallest absolute Gasteiger partial charge is 0.0366 e. The van der Waals surface area contributed by atoms with Crippen LogP contribution in [-0.4, -0.2) is 27.3 Å². The van der Waals surface area contributed by atoms with E-state index in [-0.39, 0.29) is 0 Å². The van der Waals surface area contributed by atoms with Gasteiger partial charge in [-0.1, -0.05) is 20.8 Å². The summed E-state index contributed by atoms with van der Waals surface area (Å²) in [6.45, 7) is 7.54. The fourth-order valence-electron chi connectivity index (χ4n) is 2.18. The molecule has 4 atom stereocenters. The molecular weight excluding hydrogens is 206 g/mol. The van der Waals surface area contributed by atoms with E-state index < -0.39 is 10.8 Å². The van der Waals surface area contributed by atoms with Crippen LogP contribution in [0.2, 0.25) is 0 Å². The van der Waals surface area contributed by atoms with Crippen LogP contribution in [0.3, 0.4) is 0 Å². The Bertz CT molecular complexity index is 208. The van der Waals surface area contributed by atoms with E-state index in [1.165, 1.54) is 12.8 Å². The first-order chi connectivity index (χ1) is 7.19. The summed E-state index contributed by atoms with van der Waals surface area (Å²) in [5.41, 5.74) is 0. The first-order valence-electron chi connectivity index (χ1n) is 6.31. The van der Waals surface area contributed by atoms with Gasteiger partial charge in [0, 0.05) is 27.3 Å². The van der Waals surface area contributed by atoms with Crippen molar-refractivity contribution in [3.8, 4) is 0 Å². The van der Waals surface area contributed by atoms with Gasteiger partial charge < -0.3 is 5.32 Å². The van der Waals surface area contributed by atoms with Crippen molar-refractivity contribution in [2.24, 2.45) is 0 Å². The zero-order valence-corrected chi connectivity index (χ0v) is 11.1. The minimum absolute atomic E-state index is 0.375. The van der Waals surface area contributed by atoms with Gasteiger partial charge in [0.05, 0.1) is 0 Å². The van der Waals surface area contributed by atoms with Crippen molar-refractivity contribution in [1.82, 2.24) is 5.32 Å². The third-order valence-electron chi connectivity index (χ3n) is 3.37. The molecule has 0 aliphatic heterocycles. The third-order valence-corrected chi connectivity index (χ3v) is 5.58. The molecule has 3 heteroatoms. The van der Waals surface area contributed by atoms with Gasteiger partial charge in [-0.05, 0) is 38.6 Å². The molecular formula is C12H25NOS. The number of hydrogen-bond donors (Lipinski definition) is 1. The van der Waals surface area contributed by atoms with Gasteiger partial charge in [-0.15, -0.1) is 0 Å². The highest BCUT2D eigenvalue weighted by molar-refractivity contribution is 7.86. The molecule has 0 aromatic heterocycles. The molecule has 0 aromatic rings. The van der Waals surface area contributed by atoms with Crippen molar-refractivity contribution < 1.29 is 4.21 Å². The fraction of sp³-hybridized carbons (Fsp3) is 1.00. The monoisotopic (exact) mass is 231 g/mol. The number of rotatable bonds is 6. The SMILES string of the molecule is CCCNC1CCC(S(=O)C(C)CC)C1. The topological polar surface area (TPSA) is 29.1 Å². The standard InChI is InChI=1S/C12H25NOS/c1-4-8-13-11-6-7-12(9-11)15(14)10(3)5-2/h10-13H,4-9H2,1-3H3. The Balaban J connectivity index is 2.32. The minimum atomic E-state index is -0.606. The summed E-state index contributed by atoms with van der Waals surface area (Å²) in [4.78, 5) is 0. The molecule has 1 rings (SSSR count). The lowest BCUT2D eigenvalue weighted by atomic mass is 10.2. The van der Waals surface area contributed by atoms with Gasteiger partial charge in [-0.25, -0.2) is 0 Å². The average molecular weight is 231 g/mol. The number of nitrogens with one attached hydrogen (secondary N) is 1. The van der Waals surface area contributed by atoms with Crippen molar-refractivity contribution in [3.05, 3.63) is 0 Å². The number of hydrogen-bond acceptors (Lipinski definition) is 2. The highest BCUT2D eigenvalue weighted by Gasteiger charge is 2.30. The van der Waals surface area contributed by atoms with Crippen LogP contribution in [0.5, 0.6) is 0 Å². The van der Waals surface area contributed by atoms with Crippen molar-refractivity contribution in [3.63, 3.8) is 0 Å². The molecule has 0 saturated heterocycles. The van der Waals surface area contributed by atoms with E-state index in [1.807, 2.05) is 0 Å². The molecule has 1 aliphatic carbocycles. The van der Waals surface area contributed by atoms with Gasteiger partial charge in [0.1, 0.15) is 0 Å². The van der Waals surface area contributed by atoms with Crippen LogP contribution in [0, 0.1) is 0 Å². The second kappa shape index (κ2) is 6.64. The van der Waals surface area contributed by atoms with E-state index in [4.69, 9.17) is 0 Å². The quantitative estimate of drug-likeness (QED) is 0.761. The molecule has 2 nitrogen and oxygen atoms in total. The molecule has 0 radical (unpaired) electrons. The average Bonchev–Trinajstić information content (AvgIpc) is 2.72. The Morgan fingerprint density at radius 2 is 2.13 bits per heavy atom. The summed E-state index contributed by atoms with van der Waals surface area (Å²) < 4.78 is 12.1. The van der Waals surface area contributed by atoms with Crippen LogP contribution in [0.1, 0.15) is 52.9 Å². The molecule has 0 aromatic carbocycles. The largest absolute Gasteiger partial charge is 0.314 e. The van der Waals surface area contributed by atoms with Gasteiger partial charge in [0.2, 0.25) is 0 Å². The predicted octanol–water partition coefficient (Wildman–Crippen LogP) is 2.45. The van der Waals surface area contributed by atoms with Crippen LogP contribution in [0.15, 0.2) is 0 Å². The van der Waals surface area contributed by atoms with E-state index in [9.17, 15) is 4.21 Å². The Kier molecular flexibility index (Phi) is 5.83. The maximum atomic E-state index is 12.1. The zero-order chi connectivity index (χ0) is 11.3. The van der Waals surface area contributed by atoms with Crippen LogP contribution in [0.25, 0.3) is 0 Å². The lowest BCUT2D eigenvalue weighted by Gasteiger charge is -2.16. The second-order valence-corrected chi connectivity index (χ2v) is 6.76. The molecule has 1 aliphatic rings. The van der Waals surface area contributed by atoms with Crippen LogP contribution in [-0.2, 0) is 10.8 Å². The Morgan fingerprint density at radius 1 is 1.40 bits per heavy atom. The van der Waals surface area contributed by atoms with Gasteiger partial charge in [0.15, 0.2) is 0 Å². The second-order valence-electron chi connectivity index (χ2n) is 4.63. The van der Waals surface area contributed by atoms with E-state index in [0.29, 0.717) is 16.5 Å². The molecule has 15 heavy (non-hydrogen) atoms. The Labute approximate surface area is 96.7 Å². The summed E-state index contributed by atoms with van der Waals surface area (Å²) in [5.74, 6) is 0. The van der Waals surface area contributed by atoms with Crippen molar-refractivity contribution in [2.45, 2.75) is 69.4 Å². The van der Waals surface area contributed by atoms with Gasteiger partial charge in [0.25, 0.3) is 0 Å². The highest BCUT2D eigenvalue weighted by Crippen LogP contribution is 2.26. The molecule has 4 unspecified atom stereocenters. The summed E-state index contributed by atoms with van der Waals surface area (Å²) in [5, 5.41) is 4.37. The minimum Gasteiger partial charge on any atom is -0.314 e. The van der Waals surface area contributed by atoms with Gasteiger partial charge >= 0.3 is 0 Å². The van der Waals surface area contributed by atoms with E-state index in [0.717, 1.165) is 25.8 Å². The lowest BCUT2D eigenvalue weighted by Crippen LogP contribution is -2.29. The van der Waals surface area contributed by atoms with E-state index in [2.05, 4.69) is 26.1 Å². The molecule has 1 saturated carbocycles. The summed E-state index contributed by atoms with van der Waals surface area (Å²) in [6, 6.07) is 0.628. The molecule has 0 spiro atoms. The van der Waals surface area contributed by atoms with Crippen molar-refractivity contribution in [1.29, 1.82) is 0 Å². The zero-order valence-electron chi connectivity index (χ0n) is 10.3. The molecule has 1 fully saturated rings. The van der Waals surface area contributed by atoms with E-state index >= 15 is 0 Å². The van der Waals surface area contributed by atoms with Crippen LogP contribution in [0.4, 0.5) is 0 Å². The first-order valence-corrected chi connectivity index (χ1v) is 7.59. The molecule has 1 N–H and O–H groups in total. The molecule has 0 heterocycles. The Hall–Kier alpha value is 0.110. The van der Waals surface area contributed by atoms with Crippen LogP contribution < -0.4 is 5.32 Å². The van der Waals surface area contributed by atoms with Crippen molar-refractivity contribution >= 4 is 10.8 Å². The third kappa shape index (κ3) is 3.87. The Morgan fingerprint density at radius 3 is 2.73 bits per heavy atom. The lowest BCUT2D eigenvalue weighted by molar-refractivity contribution is 0.523. The molecule has 0 amide bonds. The predicted molar refractivity (Wildman–Crippen MR) is 67.6 cm³/mol. The molecule has 90 valence electrons. The maximum Gasteiger partial charge on any atom is 0.0366 e. The highest BCUT2D eigenvalue weighted by atomic mass is 32.2. The van der Waals surface area contributed by atoms with Crippen molar-refractivity contribution in [2.75, 3.05) is 6.54 Å². The van der Waals surface area contributed by atoms with E-state index in [1.54, 1.807) is 0 Å². The van der Waals surface area contributed by atoms with Gasteiger partial charge in [-0.3, -0.25) is 4.21 Å². The first kappa shape index (κ1) is 13.2.